The van der Waals surface area contributed by atoms with Crippen LogP contribution in [0.15, 0.2) is 91.1 Å². The molecule has 0 aliphatic carbocycles. The van der Waals surface area contributed by atoms with Gasteiger partial charge in [-0.2, -0.15) is 0 Å². The van der Waals surface area contributed by atoms with Crippen LogP contribution in [0.2, 0.25) is 0 Å². The van der Waals surface area contributed by atoms with Crippen molar-refractivity contribution in [2.75, 3.05) is 0 Å². The zero-order valence-corrected chi connectivity index (χ0v) is 17.4. The lowest BCUT2D eigenvalue weighted by atomic mass is 10.1. The molecule has 5 nitrogen and oxygen atoms in total. The normalized spacial score (nSPS) is 11.1. The zero-order valence-electron chi connectivity index (χ0n) is 17.4. The number of aliphatic carboxylic acids is 1. The van der Waals surface area contributed by atoms with Gasteiger partial charge in [0.1, 0.15) is 12.4 Å². The number of rotatable bonds is 7. The summed E-state index contributed by atoms with van der Waals surface area (Å²) in [5, 5.41) is 11.3. The van der Waals surface area contributed by atoms with Crippen molar-refractivity contribution in [3.8, 4) is 5.75 Å². The Bertz CT molecular complexity index is 1400. The summed E-state index contributed by atoms with van der Waals surface area (Å²) >= 11 is 0. The van der Waals surface area contributed by atoms with Crippen molar-refractivity contribution in [2.24, 2.45) is 0 Å². The number of pyridine rings is 1. The van der Waals surface area contributed by atoms with Crippen molar-refractivity contribution in [1.82, 2.24) is 9.55 Å². The van der Waals surface area contributed by atoms with Crippen LogP contribution in [0.25, 0.3) is 21.8 Å². The number of hydrogen-bond donors (Lipinski definition) is 1. The molecule has 5 heteroatoms. The second kappa shape index (κ2) is 8.55. The summed E-state index contributed by atoms with van der Waals surface area (Å²) in [5.74, 6) is -0.0389. The molecule has 0 fully saturated rings. The molecule has 0 saturated heterocycles. The van der Waals surface area contributed by atoms with E-state index < -0.39 is 5.97 Å². The third-order valence-corrected chi connectivity index (χ3v) is 5.53. The van der Waals surface area contributed by atoms with Crippen LogP contribution in [0, 0.1) is 0 Å². The van der Waals surface area contributed by atoms with Crippen LogP contribution in [-0.2, 0) is 24.4 Å². The third kappa shape index (κ3) is 4.18. The van der Waals surface area contributed by atoms with E-state index in [4.69, 9.17) is 4.74 Å². The predicted molar refractivity (Wildman–Crippen MR) is 125 cm³/mol. The molecule has 0 radical (unpaired) electrons. The van der Waals surface area contributed by atoms with Crippen molar-refractivity contribution in [2.45, 2.75) is 19.6 Å². The van der Waals surface area contributed by atoms with Gasteiger partial charge in [-0.15, -0.1) is 0 Å². The van der Waals surface area contributed by atoms with Gasteiger partial charge in [-0.1, -0.05) is 54.6 Å². The molecule has 5 aromatic rings. The summed E-state index contributed by atoms with van der Waals surface area (Å²) in [6, 6.07) is 28.0. The van der Waals surface area contributed by atoms with E-state index in [9.17, 15) is 9.90 Å². The van der Waals surface area contributed by atoms with Crippen LogP contribution < -0.4 is 4.74 Å². The smallest absolute Gasteiger partial charge is 0.307 e. The standard InChI is InChI=1S/C27H22N2O3/c30-27(31)15-21-17-29(26-8-4-2-6-24(21)26)16-19-9-13-23(14-10-19)32-18-22-12-11-20-5-1-3-7-25(20)28-22/h1-14,17H,15-16,18H2,(H,30,31). The van der Waals surface area contributed by atoms with Crippen LogP contribution in [-0.4, -0.2) is 20.6 Å². The van der Waals surface area contributed by atoms with Crippen molar-refractivity contribution in [1.29, 1.82) is 0 Å². The van der Waals surface area contributed by atoms with Crippen LogP contribution in [0.3, 0.4) is 0 Å². The van der Waals surface area contributed by atoms with Crippen LogP contribution >= 0.6 is 0 Å². The van der Waals surface area contributed by atoms with Gasteiger partial charge in [0, 0.05) is 29.0 Å². The highest BCUT2D eigenvalue weighted by molar-refractivity contribution is 5.87. The molecule has 32 heavy (non-hydrogen) atoms. The number of fused-ring (bicyclic) bond motifs is 2. The molecular weight excluding hydrogens is 400 g/mol. The highest BCUT2D eigenvalue weighted by atomic mass is 16.5. The summed E-state index contributed by atoms with van der Waals surface area (Å²) in [4.78, 5) is 15.9. The summed E-state index contributed by atoms with van der Waals surface area (Å²) in [6.07, 6.45) is 1.96. The average molecular weight is 422 g/mol. The topological polar surface area (TPSA) is 64.3 Å². The summed E-state index contributed by atoms with van der Waals surface area (Å²) in [5.41, 5.74) is 4.83. The first kappa shape index (κ1) is 19.8. The van der Waals surface area contributed by atoms with Gasteiger partial charge in [0.2, 0.25) is 0 Å². The lowest BCUT2D eigenvalue weighted by molar-refractivity contribution is -0.136. The van der Waals surface area contributed by atoms with E-state index >= 15 is 0 Å². The third-order valence-electron chi connectivity index (χ3n) is 5.53. The Morgan fingerprint density at radius 2 is 1.69 bits per heavy atom. The van der Waals surface area contributed by atoms with E-state index in [1.165, 1.54) is 0 Å². The van der Waals surface area contributed by atoms with E-state index in [2.05, 4.69) is 15.6 Å². The minimum absolute atomic E-state index is 0.0170. The fourth-order valence-corrected chi connectivity index (χ4v) is 3.99. The number of benzene rings is 3. The first-order valence-electron chi connectivity index (χ1n) is 10.5. The number of carboxylic acid groups (broad SMARTS) is 1. The molecule has 5 rings (SSSR count). The highest BCUT2D eigenvalue weighted by Gasteiger charge is 2.11. The van der Waals surface area contributed by atoms with E-state index in [1.807, 2.05) is 85.1 Å². The number of ether oxygens (including phenoxy) is 1. The second-order valence-electron chi connectivity index (χ2n) is 7.80. The van der Waals surface area contributed by atoms with E-state index in [0.717, 1.165) is 44.4 Å². The van der Waals surface area contributed by atoms with E-state index in [1.54, 1.807) is 0 Å². The van der Waals surface area contributed by atoms with Gasteiger partial charge in [-0.25, -0.2) is 4.98 Å². The molecule has 1 N–H and O–H groups in total. The van der Waals surface area contributed by atoms with Crippen molar-refractivity contribution in [3.05, 3.63) is 108 Å². The number of aromatic nitrogens is 2. The second-order valence-corrected chi connectivity index (χ2v) is 7.80. The van der Waals surface area contributed by atoms with Crippen molar-refractivity contribution >= 4 is 27.8 Å². The maximum absolute atomic E-state index is 11.2. The monoisotopic (exact) mass is 422 g/mol. The lowest BCUT2D eigenvalue weighted by Gasteiger charge is -2.09. The molecule has 0 amide bonds. The highest BCUT2D eigenvalue weighted by Crippen LogP contribution is 2.24. The lowest BCUT2D eigenvalue weighted by Crippen LogP contribution is -2.01. The van der Waals surface area contributed by atoms with Gasteiger partial charge in [-0.3, -0.25) is 4.79 Å². The molecule has 2 heterocycles. The van der Waals surface area contributed by atoms with Crippen LogP contribution in [0.1, 0.15) is 16.8 Å². The summed E-state index contributed by atoms with van der Waals surface area (Å²) in [7, 11) is 0. The van der Waals surface area contributed by atoms with E-state index in [0.29, 0.717) is 13.2 Å². The number of carboxylic acids is 1. The Kier molecular flexibility index (Phi) is 5.30. The maximum atomic E-state index is 11.2. The summed E-state index contributed by atoms with van der Waals surface area (Å²) in [6.45, 7) is 1.07. The Labute approximate surface area is 185 Å². The quantitative estimate of drug-likeness (QED) is 0.379. The Balaban J connectivity index is 1.29. The fraction of sp³-hybridized carbons (Fsp3) is 0.111. The molecule has 0 spiro atoms. The molecule has 2 aromatic heterocycles. The molecule has 0 aliphatic heterocycles. The Morgan fingerprint density at radius 1 is 0.906 bits per heavy atom. The minimum atomic E-state index is -0.824. The molecular formula is C27H22N2O3. The minimum Gasteiger partial charge on any atom is -0.487 e. The maximum Gasteiger partial charge on any atom is 0.307 e. The Hall–Kier alpha value is -4.12. The molecule has 0 bridgehead atoms. The van der Waals surface area contributed by atoms with Gasteiger partial charge < -0.3 is 14.4 Å². The zero-order chi connectivity index (χ0) is 21.9. The van der Waals surface area contributed by atoms with Crippen molar-refractivity contribution in [3.63, 3.8) is 0 Å². The van der Waals surface area contributed by atoms with Gasteiger partial charge in [-0.05, 0) is 41.5 Å². The summed E-state index contributed by atoms with van der Waals surface area (Å²) < 4.78 is 8.03. The van der Waals surface area contributed by atoms with Gasteiger partial charge >= 0.3 is 5.97 Å². The molecule has 0 unspecified atom stereocenters. The molecule has 158 valence electrons. The fourth-order valence-electron chi connectivity index (χ4n) is 3.99. The number of hydrogen-bond acceptors (Lipinski definition) is 3. The predicted octanol–water partition coefficient (Wildman–Crippen LogP) is 5.44. The van der Waals surface area contributed by atoms with Gasteiger partial charge in [0.05, 0.1) is 17.6 Å². The molecule has 3 aromatic carbocycles. The first-order valence-corrected chi connectivity index (χ1v) is 10.5. The van der Waals surface area contributed by atoms with Crippen LogP contribution in [0.5, 0.6) is 5.75 Å². The molecule has 0 saturated carbocycles. The average Bonchev–Trinajstić information content (AvgIpc) is 3.15. The first-order chi connectivity index (χ1) is 15.7. The molecule has 0 aliphatic rings. The SMILES string of the molecule is O=C(O)Cc1cn(Cc2ccc(OCc3ccc4ccccc4n3)cc2)c2ccccc12. The number of nitrogens with zero attached hydrogens (tertiary/aromatic N) is 2. The number of para-hydroxylation sites is 2. The van der Waals surface area contributed by atoms with Crippen molar-refractivity contribution < 1.29 is 14.6 Å². The van der Waals surface area contributed by atoms with Gasteiger partial charge in [0.15, 0.2) is 0 Å². The van der Waals surface area contributed by atoms with E-state index in [-0.39, 0.29) is 6.42 Å². The Morgan fingerprint density at radius 3 is 2.53 bits per heavy atom. The largest absolute Gasteiger partial charge is 0.487 e. The van der Waals surface area contributed by atoms with Crippen LogP contribution in [0.4, 0.5) is 0 Å². The number of carbonyl (C=O) groups is 1. The molecule has 0 atom stereocenters. The van der Waals surface area contributed by atoms with Gasteiger partial charge in [0.25, 0.3) is 0 Å².